The zero-order valence-electron chi connectivity index (χ0n) is 9.01. The van der Waals surface area contributed by atoms with Crippen LogP contribution < -0.4 is 0 Å². The predicted molar refractivity (Wildman–Crippen MR) is 55.8 cm³/mol. The summed E-state index contributed by atoms with van der Waals surface area (Å²) >= 11 is 0. The SMILES string of the molecule is CS(=O)(=O)O/C=C1\C(=O)O[C@H]2CCCC[C@@H]12. The average molecular weight is 246 g/mol. The predicted octanol–water partition coefficient (Wildman–Crippen LogP) is 0.962. The third kappa shape index (κ3) is 2.37. The summed E-state index contributed by atoms with van der Waals surface area (Å²) in [5.41, 5.74) is 0.357. The lowest BCUT2D eigenvalue weighted by Crippen LogP contribution is -2.21. The van der Waals surface area contributed by atoms with Crippen molar-refractivity contribution >= 4 is 16.1 Å². The second kappa shape index (κ2) is 4.08. The summed E-state index contributed by atoms with van der Waals surface area (Å²) in [4.78, 5) is 11.5. The van der Waals surface area contributed by atoms with Gasteiger partial charge < -0.3 is 8.92 Å². The Bertz CT molecular complexity index is 422. The average Bonchev–Trinajstić information content (AvgIpc) is 2.49. The molecule has 2 fully saturated rings. The van der Waals surface area contributed by atoms with Crippen molar-refractivity contribution in [3.63, 3.8) is 0 Å². The van der Waals surface area contributed by atoms with Crippen molar-refractivity contribution in [1.82, 2.24) is 0 Å². The van der Waals surface area contributed by atoms with Crippen LogP contribution in [-0.2, 0) is 23.8 Å². The van der Waals surface area contributed by atoms with E-state index in [1.54, 1.807) is 0 Å². The van der Waals surface area contributed by atoms with E-state index in [1.807, 2.05) is 0 Å². The van der Waals surface area contributed by atoms with Crippen LogP contribution in [-0.4, -0.2) is 26.7 Å². The molecule has 0 bridgehead atoms. The second-order valence-corrected chi connectivity index (χ2v) is 5.81. The highest BCUT2D eigenvalue weighted by Gasteiger charge is 2.41. The molecule has 0 spiro atoms. The molecule has 0 N–H and O–H groups in total. The highest BCUT2D eigenvalue weighted by molar-refractivity contribution is 7.86. The summed E-state index contributed by atoms with van der Waals surface area (Å²) in [6, 6.07) is 0. The number of carbonyl (C=O) groups is 1. The third-order valence-corrected chi connectivity index (χ3v) is 3.39. The Morgan fingerprint density at radius 3 is 2.75 bits per heavy atom. The van der Waals surface area contributed by atoms with Crippen LogP contribution in [0.2, 0.25) is 0 Å². The molecule has 1 aliphatic heterocycles. The number of rotatable bonds is 2. The van der Waals surface area contributed by atoms with E-state index in [1.165, 1.54) is 0 Å². The normalized spacial score (nSPS) is 32.3. The van der Waals surface area contributed by atoms with Gasteiger partial charge in [0.1, 0.15) is 12.4 Å². The summed E-state index contributed by atoms with van der Waals surface area (Å²) in [6.45, 7) is 0. The molecule has 0 amide bonds. The monoisotopic (exact) mass is 246 g/mol. The van der Waals surface area contributed by atoms with Gasteiger partial charge in [-0.05, 0) is 19.3 Å². The van der Waals surface area contributed by atoms with E-state index < -0.39 is 16.1 Å². The van der Waals surface area contributed by atoms with E-state index in [0.29, 0.717) is 5.57 Å². The van der Waals surface area contributed by atoms with Crippen molar-refractivity contribution in [3.05, 3.63) is 11.8 Å². The highest BCUT2D eigenvalue weighted by Crippen LogP contribution is 2.38. The van der Waals surface area contributed by atoms with E-state index in [0.717, 1.165) is 38.2 Å². The third-order valence-electron chi connectivity index (χ3n) is 2.95. The minimum Gasteiger partial charge on any atom is -0.458 e. The highest BCUT2D eigenvalue weighted by atomic mass is 32.2. The molecule has 2 aliphatic rings. The van der Waals surface area contributed by atoms with Crippen LogP contribution in [0.5, 0.6) is 0 Å². The molecule has 1 aliphatic carbocycles. The van der Waals surface area contributed by atoms with E-state index in [2.05, 4.69) is 4.18 Å². The summed E-state index contributed by atoms with van der Waals surface area (Å²) < 4.78 is 31.4. The van der Waals surface area contributed by atoms with E-state index in [4.69, 9.17) is 4.74 Å². The quantitative estimate of drug-likeness (QED) is 0.314. The molecule has 1 saturated carbocycles. The lowest BCUT2D eigenvalue weighted by molar-refractivity contribution is -0.139. The molecule has 5 nitrogen and oxygen atoms in total. The molecule has 0 aromatic carbocycles. The smallest absolute Gasteiger partial charge is 0.337 e. The molecule has 1 heterocycles. The van der Waals surface area contributed by atoms with Gasteiger partial charge in [0.2, 0.25) is 0 Å². The molecule has 0 aromatic heterocycles. The Balaban J connectivity index is 2.16. The van der Waals surface area contributed by atoms with Gasteiger partial charge in [0.25, 0.3) is 0 Å². The van der Waals surface area contributed by atoms with Gasteiger partial charge in [-0.1, -0.05) is 6.42 Å². The van der Waals surface area contributed by atoms with E-state index in [9.17, 15) is 13.2 Å². The van der Waals surface area contributed by atoms with Crippen LogP contribution in [0.1, 0.15) is 25.7 Å². The van der Waals surface area contributed by atoms with E-state index in [-0.39, 0.29) is 12.0 Å². The molecule has 2 atom stereocenters. The van der Waals surface area contributed by atoms with E-state index >= 15 is 0 Å². The van der Waals surface area contributed by atoms with Crippen molar-refractivity contribution in [2.75, 3.05) is 6.26 Å². The molecule has 0 unspecified atom stereocenters. The molecule has 0 aromatic rings. The fourth-order valence-electron chi connectivity index (χ4n) is 2.23. The first kappa shape index (κ1) is 11.4. The van der Waals surface area contributed by atoms with Crippen LogP contribution in [0.3, 0.4) is 0 Å². The minimum atomic E-state index is -3.56. The first-order valence-electron chi connectivity index (χ1n) is 5.27. The van der Waals surface area contributed by atoms with Crippen LogP contribution in [0.15, 0.2) is 11.8 Å². The van der Waals surface area contributed by atoms with Crippen molar-refractivity contribution < 1.29 is 22.1 Å². The van der Waals surface area contributed by atoms with Gasteiger partial charge in [0.15, 0.2) is 0 Å². The minimum absolute atomic E-state index is 0.00278. The maximum Gasteiger partial charge on any atom is 0.337 e. The van der Waals surface area contributed by atoms with Crippen molar-refractivity contribution in [2.24, 2.45) is 5.92 Å². The van der Waals surface area contributed by atoms with Crippen molar-refractivity contribution in [1.29, 1.82) is 0 Å². The van der Waals surface area contributed by atoms with Crippen LogP contribution in [0, 0.1) is 5.92 Å². The summed E-state index contributed by atoms with van der Waals surface area (Å²) in [5, 5.41) is 0. The first-order chi connectivity index (χ1) is 7.47. The summed E-state index contributed by atoms with van der Waals surface area (Å²) in [5.74, 6) is -0.441. The van der Waals surface area contributed by atoms with Gasteiger partial charge in [0.05, 0.1) is 11.8 Å². The molecular formula is C10H14O5S. The molecular weight excluding hydrogens is 232 g/mol. The Morgan fingerprint density at radius 2 is 2.06 bits per heavy atom. The first-order valence-corrected chi connectivity index (χ1v) is 7.08. The number of fused-ring (bicyclic) bond motifs is 1. The molecule has 1 saturated heterocycles. The topological polar surface area (TPSA) is 69.7 Å². The number of hydrogen-bond donors (Lipinski definition) is 0. The number of hydrogen-bond acceptors (Lipinski definition) is 5. The fourth-order valence-corrected chi connectivity index (χ4v) is 2.50. The van der Waals surface area contributed by atoms with Crippen LogP contribution in [0.25, 0.3) is 0 Å². The van der Waals surface area contributed by atoms with Crippen LogP contribution in [0.4, 0.5) is 0 Å². The molecule has 16 heavy (non-hydrogen) atoms. The largest absolute Gasteiger partial charge is 0.458 e. The van der Waals surface area contributed by atoms with Gasteiger partial charge in [-0.3, -0.25) is 0 Å². The zero-order valence-corrected chi connectivity index (χ0v) is 9.83. The van der Waals surface area contributed by atoms with Crippen molar-refractivity contribution in [2.45, 2.75) is 31.8 Å². The summed E-state index contributed by atoms with van der Waals surface area (Å²) in [7, 11) is -3.56. The van der Waals surface area contributed by atoms with Gasteiger partial charge >= 0.3 is 16.1 Å². The lowest BCUT2D eigenvalue weighted by Gasteiger charge is -2.22. The molecule has 90 valence electrons. The summed E-state index contributed by atoms with van der Waals surface area (Å²) in [6.07, 6.45) is 5.69. The Kier molecular flexibility index (Phi) is 2.92. The lowest BCUT2D eigenvalue weighted by atomic mass is 9.84. The van der Waals surface area contributed by atoms with Gasteiger partial charge in [-0.25, -0.2) is 4.79 Å². The maximum atomic E-state index is 11.5. The Morgan fingerprint density at radius 1 is 1.38 bits per heavy atom. The standard InChI is InChI=1S/C10H14O5S/c1-16(12,13)14-6-8-7-4-2-3-5-9(7)15-10(8)11/h6-7,9H,2-5H2,1H3/b8-6-/t7-,9-/m0/s1. The maximum absolute atomic E-state index is 11.5. The molecule has 0 radical (unpaired) electrons. The van der Waals surface area contributed by atoms with Crippen LogP contribution >= 0.6 is 0 Å². The van der Waals surface area contributed by atoms with Gasteiger partial charge in [-0.15, -0.1) is 0 Å². The second-order valence-electron chi connectivity index (χ2n) is 4.21. The Hall–Kier alpha value is -1.04. The molecule has 2 rings (SSSR count). The fraction of sp³-hybridized carbons (Fsp3) is 0.700. The number of ether oxygens (including phenoxy) is 1. The van der Waals surface area contributed by atoms with Crippen molar-refractivity contribution in [3.8, 4) is 0 Å². The number of carbonyl (C=O) groups excluding carboxylic acids is 1. The zero-order chi connectivity index (χ0) is 11.8. The molecule has 6 heteroatoms. The number of esters is 1. The van der Waals surface area contributed by atoms with Gasteiger partial charge in [0, 0.05) is 5.92 Å². The van der Waals surface area contributed by atoms with Gasteiger partial charge in [-0.2, -0.15) is 8.42 Å². The Labute approximate surface area is 94.5 Å².